The monoisotopic (exact) mass is 331 g/mol. The number of benzene rings is 1. The van der Waals surface area contributed by atoms with E-state index in [1.165, 1.54) is 0 Å². The molecule has 1 aromatic rings. The number of carbonyl (C=O) groups excluding carboxylic acids is 1. The molecule has 0 bridgehead atoms. The van der Waals surface area contributed by atoms with E-state index in [1.807, 2.05) is 31.2 Å². The number of likely N-dealkylation sites (N-methyl/N-ethyl adjacent to an activating group) is 1. The van der Waals surface area contributed by atoms with Gasteiger partial charge in [-0.3, -0.25) is 9.69 Å². The summed E-state index contributed by atoms with van der Waals surface area (Å²) < 4.78 is 5.35. The highest BCUT2D eigenvalue weighted by molar-refractivity contribution is 5.88. The van der Waals surface area contributed by atoms with Crippen molar-refractivity contribution in [3.05, 3.63) is 41.5 Å². The zero-order valence-electron chi connectivity index (χ0n) is 15.0. The van der Waals surface area contributed by atoms with Crippen LogP contribution in [0.3, 0.4) is 0 Å². The molecule has 0 aliphatic carbocycles. The molecule has 1 aliphatic heterocycles. The minimum absolute atomic E-state index is 0.0171. The Balaban J connectivity index is 1.75. The van der Waals surface area contributed by atoms with Crippen molar-refractivity contribution in [3.63, 3.8) is 0 Å². The van der Waals surface area contributed by atoms with Gasteiger partial charge in [0.1, 0.15) is 5.75 Å². The maximum Gasteiger partial charge on any atom is 0.243 e. The Morgan fingerprint density at radius 1 is 1.25 bits per heavy atom. The van der Waals surface area contributed by atoms with Crippen LogP contribution in [0.25, 0.3) is 0 Å². The van der Waals surface area contributed by atoms with Gasteiger partial charge in [0.05, 0.1) is 7.11 Å². The zero-order valence-corrected chi connectivity index (χ0v) is 15.0. The van der Waals surface area contributed by atoms with Crippen molar-refractivity contribution in [2.75, 3.05) is 53.4 Å². The third kappa shape index (κ3) is 5.98. The summed E-state index contributed by atoms with van der Waals surface area (Å²) in [6.07, 6.45) is 2.41. The van der Waals surface area contributed by atoms with Crippen molar-refractivity contribution < 1.29 is 9.53 Å². The average Bonchev–Trinajstić information content (AvgIpc) is 2.57. The third-order valence-corrected chi connectivity index (χ3v) is 4.36. The Bertz CT molecular complexity index is 563. The van der Waals surface area contributed by atoms with Gasteiger partial charge in [-0.25, -0.2) is 0 Å². The number of allylic oxidation sites excluding steroid dienone is 1. The number of hydrogen-bond donors (Lipinski definition) is 1. The molecule has 0 radical (unpaired) electrons. The molecule has 1 N–H and O–H groups in total. The number of piperazine rings is 1. The average molecular weight is 331 g/mol. The fourth-order valence-corrected chi connectivity index (χ4v) is 2.88. The van der Waals surface area contributed by atoms with Crippen LogP contribution in [0.2, 0.25) is 0 Å². The zero-order chi connectivity index (χ0) is 17.4. The molecule has 24 heavy (non-hydrogen) atoms. The van der Waals surface area contributed by atoms with Crippen LogP contribution in [0.4, 0.5) is 0 Å². The molecule has 1 heterocycles. The van der Waals surface area contributed by atoms with Crippen LogP contribution < -0.4 is 10.1 Å². The van der Waals surface area contributed by atoms with Crippen LogP contribution in [0.1, 0.15) is 12.5 Å². The van der Waals surface area contributed by atoms with Gasteiger partial charge in [0.2, 0.25) is 5.91 Å². The van der Waals surface area contributed by atoms with Crippen molar-refractivity contribution >= 4 is 5.91 Å². The first-order valence-electron chi connectivity index (χ1n) is 8.56. The minimum Gasteiger partial charge on any atom is -0.496 e. The number of ether oxygens (including phenoxy) is 1. The first-order chi connectivity index (χ1) is 11.6. The number of nitrogens with zero attached hydrogens (tertiary/aromatic N) is 2. The molecule has 1 saturated heterocycles. The summed E-state index contributed by atoms with van der Waals surface area (Å²) >= 11 is 0. The van der Waals surface area contributed by atoms with Crippen LogP contribution in [-0.2, 0) is 11.2 Å². The van der Waals surface area contributed by atoms with E-state index in [2.05, 4.69) is 22.2 Å². The minimum atomic E-state index is -0.0171. The van der Waals surface area contributed by atoms with E-state index in [4.69, 9.17) is 4.74 Å². The second-order valence-electron chi connectivity index (χ2n) is 6.42. The highest BCUT2D eigenvalue weighted by Gasteiger charge is 2.13. The molecule has 1 aliphatic rings. The number of carbonyl (C=O) groups is 1. The normalized spacial score (nSPS) is 16.9. The lowest BCUT2D eigenvalue weighted by Gasteiger charge is -2.32. The first-order valence-corrected chi connectivity index (χ1v) is 8.56. The molecule has 1 fully saturated rings. The number of amides is 1. The molecule has 2 rings (SSSR count). The van der Waals surface area contributed by atoms with E-state index >= 15 is 0 Å². The van der Waals surface area contributed by atoms with Crippen molar-refractivity contribution in [1.29, 1.82) is 0 Å². The van der Waals surface area contributed by atoms with Crippen LogP contribution >= 0.6 is 0 Å². The van der Waals surface area contributed by atoms with E-state index in [0.29, 0.717) is 6.54 Å². The Morgan fingerprint density at radius 2 is 1.96 bits per heavy atom. The molecule has 0 saturated carbocycles. The van der Waals surface area contributed by atoms with E-state index in [1.54, 1.807) is 13.2 Å². The Hall–Kier alpha value is -1.85. The van der Waals surface area contributed by atoms with Gasteiger partial charge in [0.15, 0.2) is 0 Å². The molecular weight excluding hydrogens is 302 g/mol. The number of nitrogens with one attached hydrogen (secondary N) is 1. The summed E-state index contributed by atoms with van der Waals surface area (Å²) in [7, 11) is 3.82. The fourth-order valence-electron chi connectivity index (χ4n) is 2.88. The number of para-hydroxylation sites is 1. The molecule has 0 aromatic heterocycles. The SMILES string of the molecule is COc1ccccc1C/C(C)=C\C(=O)NCCN1CCN(C)CC1. The standard InChI is InChI=1S/C19H29N3O2/c1-16(14-17-6-4-5-7-18(17)24-3)15-19(23)20-8-9-22-12-10-21(2)11-13-22/h4-7,15H,8-14H2,1-3H3,(H,20,23)/b16-15-. The number of methoxy groups -OCH3 is 1. The fraction of sp³-hybridized carbons (Fsp3) is 0.526. The molecule has 1 aromatic carbocycles. The molecule has 5 heteroatoms. The Morgan fingerprint density at radius 3 is 2.67 bits per heavy atom. The second kappa shape index (κ2) is 9.45. The quantitative estimate of drug-likeness (QED) is 0.770. The van der Waals surface area contributed by atoms with Gasteiger partial charge in [0.25, 0.3) is 0 Å². The smallest absolute Gasteiger partial charge is 0.243 e. The Labute approximate surface area is 145 Å². The van der Waals surface area contributed by atoms with Crippen LogP contribution in [0.5, 0.6) is 5.75 Å². The van der Waals surface area contributed by atoms with Gasteiger partial charge in [0, 0.05) is 45.3 Å². The lowest BCUT2D eigenvalue weighted by molar-refractivity contribution is -0.116. The highest BCUT2D eigenvalue weighted by atomic mass is 16.5. The van der Waals surface area contributed by atoms with Crippen LogP contribution in [0.15, 0.2) is 35.9 Å². The summed E-state index contributed by atoms with van der Waals surface area (Å²) in [6, 6.07) is 7.91. The van der Waals surface area contributed by atoms with Crippen molar-refractivity contribution in [3.8, 4) is 5.75 Å². The first kappa shape index (κ1) is 18.5. The highest BCUT2D eigenvalue weighted by Crippen LogP contribution is 2.20. The van der Waals surface area contributed by atoms with Crippen molar-refractivity contribution in [2.24, 2.45) is 0 Å². The predicted octanol–water partition coefficient (Wildman–Crippen LogP) is 1.55. The van der Waals surface area contributed by atoms with Crippen LogP contribution in [-0.4, -0.2) is 69.1 Å². The largest absolute Gasteiger partial charge is 0.496 e. The van der Waals surface area contributed by atoms with Gasteiger partial charge in [-0.1, -0.05) is 23.8 Å². The van der Waals surface area contributed by atoms with E-state index in [0.717, 1.165) is 56.0 Å². The summed E-state index contributed by atoms with van der Waals surface area (Å²) in [5, 5.41) is 2.98. The van der Waals surface area contributed by atoms with Gasteiger partial charge in [-0.15, -0.1) is 0 Å². The molecule has 5 nitrogen and oxygen atoms in total. The number of rotatable bonds is 7. The van der Waals surface area contributed by atoms with Gasteiger partial charge in [-0.2, -0.15) is 0 Å². The molecule has 0 atom stereocenters. The second-order valence-corrected chi connectivity index (χ2v) is 6.42. The van der Waals surface area contributed by atoms with Gasteiger partial charge in [-0.05, 0) is 32.0 Å². The summed E-state index contributed by atoms with van der Waals surface area (Å²) in [4.78, 5) is 16.8. The molecule has 0 unspecified atom stereocenters. The van der Waals surface area contributed by atoms with Crippen LogP contribution in [0, 0.1) is 0 Å². The van der Waals surface area contributed by atoms with E-state index < -0.39 is 0 Å². The molecule has 1 amide bonds. The maximum absolute atomic E-state index is 12.0. The van der Waals surface area contributed by atoms with E-state index in [-0.39, 0.29) is 5.91 Å². The summed E-state index contributed by atoms with van der Waals surface area (Å²) in [5.74, 6) is 0.845. The topological polar surface area (TPSA) is 44.8 Å². The number of hydrogen-bond acceptors (Lipinski definition) is 4. The summed E-state index contributed by atoms with van der Waals surface area (Å²) in [6.45, 7) is 7.95. The third-order valence-electron chi connectivity index (χ3n) is 4.36. The molecule has 132 valence electrons. The van der Waals surface area contributed by atoms with E-state index in [9.17, 15) is 4.79 Å². The maximum atomic E-state index is 12.0. The van der Waals surface area contributed by atoms with Gasteiger partial charge < -0.3 is 15.0 Å². The lowest BCUT2D eigenvalue weighted by atomic mass is 10.1. The molecular formula is C19H29N3O2. The predicted molar refractivity (Wildman–Crippen MR) is 97.4 cm³/mol. The molecule has 0 spiro atoms. The van der Waals surface area contributed by atoms with Crippen molar-refractivity contribution in [2.45, 2.75) is 13.3 Å². The Kier molecular flexibility index (Phi) is 7.28. The summed E-state index contributed by atoms with van der Waals surface area (Å²) in [5.41, 5.74) is 2.12. The lowest BCUT2D eigenvalue weighted by Crippen LogP contribution is -2.46. The van der Waals surface area contributed by atoms with Gasteiger partial charge >= 0.3 is 0 Å². The van der Waals surface area contributed by atoms with Crippen molar-refractivity contribution in [1.82, 2.24) is 15.1 Å².